The normalized spacial score (nSPS) is 11.3. The van der Waals surface area contributed by atoms with Gasteiger partial charge in [-0.1, -0.05) is 148 Å². The summed E-state index contributed by atoms with van der Waals surface area (Å²) in [7, 11) is 0. The van der Waals surface area contributed by atoms with Crippen LogP contribution in [0.25, 0.3) is 0 Å². The fourth-order valence-corrected chi connectivity index (χ4v) is 4.91. The van der Waals surface area contributed by atoms with E-state index in [1.807, 2.05) is 0 Å². The van der Waals surface area contributed by atoms with Crippen molar-refractivity contribution in [1.29, 1.82) is 0 Å². The molecule has 0 aromatic heterocycles. The second kappa shape index (κ2) is 22.0. The first-order chi connectivity index (χ1) is 15.8. The van der Waals surface area contributed by atoms with Crippen LogP contribution in [0, 0.1) is 6.92 Å². The molecule has 0 fully saturated rings. The Bertz CT molecular complexity index is 473. The minimum absolute atomic E-state index is 0.927. The maximum atomic E-state index is 4.15. The molecular weight excluding hydrogens is 384 g/mol. The molecule has 1 rings (SSSR count). The Morgan fingerprint density at radius 1 is 0.406 bits per heavy atom. The van der Waals surface area contributed by atoms with Crippen molar-refractivity contribution in [1.82, 2.24) is 0 Å². The van der Waals surface area contributed by atoms with E-state index in [2.05, 4.69) is 39.0 Å². The van der Waals surface area contributed by atoms with Gasteiger partial charge in [0.1, 0.15) is 0 Å². The topological polar surface area (TPSA) is 0 Å². The molecule has 0 aliphatic rings. The molecule has 185 valence electrons. The molecule has 32 heavy (non-hydrogen) atoms. The van der Waals surface area contributed by atoms with Crippen LogP contribution >= 0.6 is 0 Å². The first-order valence-electron chi connectivity index (χ1n) is 14.7. The summed E-state index contributed by atoms with van der Waals surface area (Å²) < 4.78 is 0. The minimum atomic E-state index is 0.927. The largest absolute Gasteiger partial charge is 0.0654 e. The molecule has 0 saturated heterocycles. The number of benzene rings is 1. The highest BCUT2D eigenvalue weighted by molar-refractivity contribution is 5.31. The fraction of sp³-hybridized carbons (Fsp3) is 0.781. The van der Waals surface area contributed by atoms with Crippen LogP contribution in [0.3, 0.4) is 0 Å². The van der Waals surface area contributed by atoms with E-state index < -0.39 is 0 Å². The summed E-state index contributed by atoms with van der Waals surface area (Å²) in [5, 5.41) is 0. The molecule has 0 saturated carbocycles. The molecule has 1 aromatic rings. The van der Waals surface area contributed by atoms with Crippen molar-refractivity contribution in [2.75, 3.05) is 0 Å². The zero-order valence-corrected chi connectivity index (χ0v) is 22.2. The van der Waals surface area contributed by atoms with Crippen LogP contribution in [0.15, 0.2) is 18.2 Å². The molecule has 0 heterocycles. The van der Waals surface area contributed by atoms with E-state index in [0.29, 0.717) is 0 Å². The van der Waals surface area contributed by atoms with Gasteiger partial charge in [-0.25, -0.2) is 0 Å². The predicted molar refractivity (Wildman–Crippen MR) is 147 cm³/mol. The summed E-state index contributed by atoms with van der Waals surface area (Å²) in [5.41, 5.74) is 4.57. The Morgan fingerprint density at radius 3 is 1.00 bits per heavy atom. The second-order valence-corrected chi connectivity index (χ2v) is 10.3. The standard InChI is InChI=1S/C32H57/c1-4-7-9-11-13-15-17-19-21-23-25-31-27-30(6-3)28-32(29-31)26-24-22-20-18-16-14-12-10-8-5-2/h27-29H,3-26H2,1-2H3. The predicted octanol–water partition coefficient (Wildman–Crippen LogP) is 11.0. The zero-order chi connectivity index (χ0) is 23.1. The Hall–Kier alpha value is -0.780. The van der Waals surface area contributed by atoms with Gasteiger partial charge in [-0.05, 0) is 55.7 Å². The van der Waals surface area contributed by atoms with Gasteiger partial charge in [0.25, 0.3) is 0 Å². The molecule has 0 bridgehead atoms. The monoisotopic (exact) mass is 441 g/mol. The molecule has 1 aromatic carbocycles. The van der Waals surface area contributed by atoms with Crippen molar-refractivity contribution < 1.29 is 0 Å². The Balaban J connectivity index is 2.13. The summed E-state index contributed by atoms with van der Waals surface area (Å²) in [4.78, 5) is 0. The van der Waals surface area contributed by atoms with Gasteiger partial charge in [0, 0.05) is 0 Å². The van der Waals surface area contributed by atoms with E-state index in [4.69, 9.17) is 0 Å². The van der Waals surface area contributed by atoms with E-state index in [-0.39, 0.29) is 0 Å². The summed E-state index contributed by atoms with van der Waals surface area (Å²) in [6.45, 7) is 8.75. The maximum absolute atomic E-state index is 4.15. The van der Waals surface area contributed by atoms with Gasteiger partial charge in [-0.3, -0.25) is 0 Å². The molecule has 1 radical (unpaired) electrons. The van der Waals surface area contributed by atoms with Gasteiger partial charge in [-0.15, -0.1) is 0 Å². The summed E-state index contributed by atoms with van der Waals surface area (Å²) in [5.74, 6) is 0. The second-order valence-electron chi connectivity index (χ2n) is 10.3. The average Bonchev–Trinajstić information content (AvgIpc) is 2.81. The molecule has 0 atom stereocenters. The van der Waals surface area contributed by atoms with E-state index >= 15 is 0 Å². The van der Waals surface area contributed by atoms with Crippen molar-refractivity contribution >= 4 is 0 Å². The van der Waals surface area contributed by atoms with Crippen LogP contribution in [-0.2, 0) is 19.3 Å². The first-order valence-corrected chi connectivity index (χ1v) is 14.7. The maximum Gasteiger partial charge on any atom is -0.0279 e. The Kier molecular flexibility index (Phi) is 20.1. The SMILES string of the molecule is [CH2]Cc1cc(CCCCCCCCCCCC)cc(CCCCCCCCCCCC)c1. The Morgan fingerprint density at radius 2 is 0.688 bits per heavy atom. The van der Waals surface area contributed by atoms with Crippen molar-refractivity contribution in [3.63, 3.8) is 0 Å². The molecule has 0 aliphatic heterocycles. The van der Waals surface area contributed by atoms with E-state index in [9.17, 15) is 0 Å². The zero-order valence-electron chi connectivity index (χ0n) is 22.2. The number of hydrogen-bond donors (Lipinski definition) is 0. The first kappa shape index (κ1) is 29.3. The van der Waals surface area contributed by atoms with Gasteiger partial charge >= 0.3 is 0 Å². The summed E-state index contributed by atoms with van der Waals surface area (Å²) in [6.07, 6.45) is 31.8. The quantitative estimate of drug-likeness (QED) is 0.148. The summed E-state index contributed by atoms with van der Waals surface area (Å²) in [6, 6.07) is 7.34. The smallest absolute Gasteiger partial charge is 0.0279 e. The molecule has 0 spiro atoms. The lowest BCUT2D eigenvalue weighted by Crippen LogP contribution is -1.95. The van der Waals surface area contributed by atoms with Gasteiger partial charge in [-0.2, -0.15) is 0 Å². The molecule has 0 aliphatic carbocycles. The van der Waals surface area contributed by atoms with Crippen molar-refractivity contribution in [2.45, 2.75) is 162 Å². The lowest BCUT2D eigenvalue weighted by Gasteiger charge is -2.10. The molecular formula is C32H57. The lowest BCUT2D eigenvalue weighted by molar-refractivity contribution is 0.555. The van der Waals surface area contributed by atoms with Crippen LogP contribution in [-0.4, -0.2) is 0 Å². The van der Waals surface area contributed by atoms with Crippen LogP contribution in [0.5, 0.6) is 0 Å². The molecule has 0 N–H and O–H groups in total. The van der Waals surface area contributed by atoms with Gasteiger partial charge in [0.05, 0.1) is 0 Å². The fourth-order valence-electron chi connectivity index (χ4n) is 4.91. The number of rotatable bonds is 23. The van der Waals surface area contributed by atoms with Gasteiger partial charge in [0.15, 0.2) is 0 Å². The summed E-state index contributed by atoms with van der Waals surface area (Å²) >= 11 is 0. The lowest BCUT2D eigenvalue weighted by atomic mass is 9.96. The van der Waals surface area contributed by atoms with Gasteiger partial charge in [0.2, 0.25) is 0 Å². The van der Waals surface area contributed by atoms with Crippen LogP contribution in [0.2, 0.25) is 0 Å². The van der Waals surface area contributed by atoms with Gasteiger partial charge < -0.3 is 0 Å². The highest BCUT2D eigenvalue weighted by Crippen LogP contribution is 2.18. The highest BCUT2D eigenvalue weighted by Gasteiger charge is 2.02. The third-order valence-electron chi connectivity index (χ3n) is 7.04. The molecule has 0 amide bonds. The highest BCUT2D eigenvalue weighted by atomic mass is 14.1. The number of unbranched alkanes of at least 4 members (excludes halogenated alkanes) is 18. The van der Waals surface area contributed by atoms with E-state index in [1.54, 1.807) is 11.1 Å². The van der Waals surface area contributed by atoms with Crippen LogP contribution < -0.4 is 0 Å². The Labute approximate surface area is 203 Å². The minimum Gasteiger partial charge on any atom is -0.0654 e. The van der Waals surface area contributed by atoms with Crippen LogP contribution in [0.1, 0.15) is 159 Å². The van der Waals surface area contributed by atoms with Crippen molar-refractivity contribution in [2.24, 2.45) is 0 Å². The molecule has 0 nitrogen and oxygen atoms in total. The average molecular weight is 442 g/mol. The third kappa shape index (κ3) is 16.8. The number of hydrogen-bond acceptors (Lipinski definition) is 0. The van der Waals surface area contributed by atoms with E-state index in [0.717, 1.165) is 6.42 Å². The molecule has 0 unspecified atom stereocenters. The third-order valence-corrected chi connectivity index (χ3v) is 7.04. The van der Waals surface area contributed by atoms with Crippen molar-refractivity contribution in [3.8, 4) is 0 Å². The molecule has 0 heteroatoms. The van der Waals surface area contributed by atoms with Crippen molar-refractivity contribution in [3.05, 3.63) is 41.8 Å². The number of aryl methyl sites for hydroxylation is 2. The van der Waals surface area contributed by atoms with E-state index in [1.165, 1.54) is 147 Å². The van der Waals surface area contributed by atoms with Crippen LogP contribution in [0.4, 0.5) is 0 Å².